The van der Waals surface area contributed by atoms with Crippen molar-refractivity contribution in [3.63, 3.8) is 0 Å². The molecule has 1 aromatic heterocycles. The Labute approximate surface area is 171 Å². The molecule has 0 aliphatic carbocycles. The second-order valence-corrected chi connectivity index (χ2v) is 12.0. The number of ether oxygens (including phenoxy) is 2. The van der Waals surface area contributed by atoms with Gasteiger partial charge in [-0.05, 0) is 0 Å². The van der Waals surface area contributed by atoms with Crippen LogP contribution in [0.3, 0.4) is 0 Å². The number of hydrogen-bond donors (Lipinski definition) is 0. The van der Waals surface area contributed by atoms with Crippen LogP contribution in [0.25, 0.3) is 0 Å². The lowest BCUT2D eigenvalue weighted by Gasteiger charge is -2.50. The summed E-state index contributed by atoms with van der Waals surface area (Å²) in [7, 11) is 0. The van der Waals surface area contributed by atoms with Gasteiger partial charge in [-0.25, -0.2) is 9.13 Å². The van der Waals surface area contributed by atoms with E-state index in [1.807, 2.05) is 0 Å². The van der Waals surface area contributed by atoms with Crippen molar-refractivity contribution in [1.82, 2.24) is 4.57 Å². The maximum absolute atomic E-state index is 6.35. The van der Waals surface area contributed by atoms with Crippen molar-refractivity contribution in [2.45, 2.75) is 104 Å². The van der Waals surface area contributed by atoms with E-state index in [1.165, 1.54) is 38.5 Å². The zero-order valence-corrected chi connectivity index (χ0v) is 18.8. The molecule has 1 aromatic rings. The van der Waals surface area contributed by atoms with Gasteiger partial charge in [0.25, 0.3) is 0 Å². The summed E-state index contributed by atoms with van der Waals surface area (Å²) in [5.74, 6) is 3.71. The van der Waals surface area contributed by atoms with Crippen LogP contribution in [0.15, 0.2) is 0 Å². The second kappa shape index (κ2) is 6.19. The van der Waals surface area contributed by atoms with Crippen molar-refractivity contribution >= 4 is 12.4 Å². The molecule has 0 amide bonds. The molecule has 5 rings (SSSR count). The van der Waals surface area contributed by atoms with Crippen LogP contribution in [0.5, 0.6) is 11.8 Å². The summed E-state index contributed by atoms with van der Waals surface area (Å²) < 4.78 is 17.9. The van der Waals surface area contributed by atoms with Gasteiger partial charge in [0.2, 0.25) is 0 Å². The van der Waals surface area contributed by atoms with Crippen LogP contribution in [0.1, 0.15) is 92.2 Å². The minimum atomic E-state index is 0.175. The number of imidazole rings is 1. The van der Waals surface area contributed by atoms with Crippen LogP contribution in [-0.4, -0.2) is 24.5 Å². The standard InChI is InChI=1S/C23H38BN2O2/c1-22(2,3)17-13-27-19-20-26(18(14-28-20)23(4,5)6)21(25(17)19)24-15-9-7-10-16(24)12-8-11-15/h15-18H,7-14H2,1-6H3/t15?,16?,17-,18-/m1/s1. The van der Waals surface area contributed by atoms with E-state index in [9.17, 15) is 0 Å². The van der Waals surface area contributed by atoms with E-state index in [0.717, 1.165) is 36.6 Å². The quantitative estimate of drug-likeness (QED) is 0.524. The van der Waals surface area contributed by atoms with Gasteiger partial charge in [0, 0.05) is 23.3 Å². The summed E-state index contributed by atoms with van der Waals surface area (Å²) in [4.78, 5) is 0. The van der Waals surface area contributed by atoms with Gasteiger partial charge in [-0.1, -0.05) is 80.1 Å². The Morgan fingerprint density at radius 3 is 2.00 bits per heavy atom. The summed E-state index contributed by atoms with van der Waals surface area (Å²) in [5.41, 5.74) is 1.90. The highest BCUT2D eigenvalue weighted by molar-refractivity contribution is 6.74. The molecule has 28 heavy (non-hydrogen) atoms. The Bertz CT molecular complexity index is 704. The molecule has 2 saturated heterocycles. The Balaban J connectivity index is 1.72. The number of rotatable bonds is 1. The zero-order valence-electron chi connectivity index (χ0n) is 18.8. The van der Waals surface area contributed by atoms with Crippen molar-refractivity contribution in [3.8, 4) is 11.8 Å². The first-order valence-corrected chi connectivity index (χ1v) is 11.6. The molecule has 0 aromatic carbocycles. The fraction of sp³-hybridized carbons (Fsp3) is 0.870. The Hall–Kier alpha value is -1.13. The minimum absolute atomic E-state index is 0.175. The van der Waals surface area contributed by atoms with E-state index >= 15 is 0 Å². The summed E-state index contributed by atoms with van der Waals surface area (Å²) in [5, 5.41) is 0. The fourth-order valence-corrected chi connectivity index (χ4v) is 6.55. The highest BCUT2D eigenvalue weighted by atomic mass is 16.5. The fourth-order valence-electron chi connectivity index (χ4n) is 6.55. The average molecular weight is 385 g/mol. The third-order valence-corrected chi connectivity index (χ3v) is 8.11. The molecule has 2 bridgehead atoms. The van der Waals surface area contributed by atoms with E-state index < -0.39 is 0 Å². The first kappa shape index (κ1) is 18.9. The molecule has 0 spiro atoms. The lowest BCUT2D eigenvalue weighted by atomic mass is 9.26. The van der Waals surface area contributed by atoms with Crippen molar-refractivity contribution in [2.24, 2.45) is 10.8 Å². The number of hydrogen-bond acceptors (Lipinski definition) is 2. The predicted molar refractivity (Wildman–Crippen MR) is 113 cm³/mol. The molecule has 0 unspecified atom stereocenters. The Kier molecular flexibility index (Phi) is 4.17. The van der Waals surface area contributed by atoms with Crippen LogP contribution < -0.4 is 19.8 Å². The minimum Gasteiger partial charge on any atom is -0.452 e. The normalized spacial score (nSPS) is 32.6. The van der Waals surface area contributed by atoms with Gasteiger partial charge in [0.1, 0.15) is 25.3 Å². The molecule has 5 heteroatoms. The van der Waals surface area contributed by atoms with Gasteiger partial charge >= 0.3 is 11.8 Å². The smallest absolute Gasteiger partial charge is 0.370 e. The predicted octanol–water partition coefficient (Wildman–Crippen LogP) is 4.54. The van der Waals surface area contributed by atoms with Gasteiger partial charge in [0.15, 0.2) is 0 Å². The van der Waals surface area contributed by atoms with Crippen molar-refractivity contribution in [3.05, 3.63) is 0 Å². The summed E-state index contributed by atoms with van der Waals surface area (Å²) in [6.45, 7) is 16.4. The zero-order chi connectivity index (χ0) is 19.8. The molecule has 0 saturated carbocycles. The molecule has 2 atom stereocenters. The first-order valence-electron chi connectivity index (χ1n) is 11.6. The Morgan fingerprint density at radius 1 is 0.857 bits per heavy atom. The van der Waals surface area contributed by atoms with Crippen molar-refractivity contribution in [2.75, 3.05) is 13.2 Å². The maximum Gasteiger partial charge on any atom is 0.370 e. The number of nitrogens with zero attached hydrogens (tertiary/aromatic N) is 2. The molecule has 0 N–H and O–H groups in total. The molecule has 2 fully saturated rings. The third-order valence-electron chi connectivity index (χ3n) is 8.11. The van der Waals surface area contributed by atoms with E-state index in [4.69, 9.17) is 9.47 Å². The van der Waals surface area contributed by atoms with E-state index in [-0.39, 0.29) is 10.8 Å². The first-order chi connectivity index (χ1) is 13.2. The molecule has 4 nitrogen and oxygen atoms in total. The SMILES string of the molecule is CC(C)(C)[C@H]1COc2c3[n+](c([B-]4C5CCCC4CCC5)n21)[C@@H](C(C)(C)C)CO3. The van der Waals surface area contributed by atoms with E-state index in [2.05, 4.69) is 50.7 Å². The number of fused-ring (bicyclic) bond motifs is 5. The highest BCUT2D eigenvalue weighted by Gasteiger charge is 2.52. The van der Waals surface area contributed by atoms with Gasteiger partial charge in [-0.3, -0.25) is 0 Å². The largest absolute Gasteiger partial charge is 0.452 e. The van der Waals surface area contributed by atoms with Gasteiger partial charge < -0.3 is 9.47 Å². The topological polar surface area (TPSA) is 27.3 Å². The van der Waals surface area contributed by atoms with Crippen LogP contribution in [0, 0.1) is 10.8 Å². The van der Waals surface area contributed by atoms with E-state index in [0.29, 0.717) is 18.8 Å². The van der Waals surface area contributed by atoms with Crippen LogP contribution in [0.2, 0.25) is 11.6 Å². The average Bonchev–Trinajstić information content (AvgIpc) is 3.22. The molecule has 4 aliphatic heterocycles. The molecular formula is C23H38BN2O2. The number of aromatic nitrogens is 2. The van der Waals surface area contributed by atoms with Gasteiger partial charge in [-0.2, -0.15) is 11.6 Å². The van der Waals surface area contributed by atoms with Crippen molar-refractivity contribution < 1.29 is 14.0 Å². The highest BCUT2D eigenvalue weighted by Crippen LogP contribution is 2.50. The Morgan fingerprint density at radius 2 is 1.46 bits per heavy atom. The third kappa shape index (κ3) is 2.67. The molecular weight excluding hydrogens is 347 g/mol. The molecule has 4 aliphatic rings. The van der Waals surface area contributed by atoms with Crippen LogP contribution in [0.4, 0.5) is 0 Å². The monoisotopic (exact) mass is 385 g/mol. The van der Waals surface area contributed by atoms with Crippen LogP contribution >= 0.6 is 0 Å². The van der Waals surface area contributed by atoms with Crippen molar-refractivity contribution in [1.29, 1.82) is 0 Å². The summed E-state index contributed by atoms with van der Waals surface area (Å²) >= 11 is 0. The maximum atomic E-state index is 6.35. The van der Waals surface area contributed by atoms with E-state index in [1.54, 1.807) is 5.72 Å². The summed E-state index contributed by atoms with van der Waals surface area (Å²) in [6.07, 6.45) is 8.45. The van der Waals surface area contributed by atoms with Gasteiger partial charge in [-0.15, -0.1) is 0 Å². The van der Waals surface area contributed by atoms with Crippen LogP contribution in [-0.2, 0) is 0 Å². The lowest BCUT2D eigenvalue weighted by molar-refractivity contribution is -0.701. The lowest BCUT2D eigenvalue weighted by Crippen LogP contribution is -2.65. The molecule has 5 heterocycles. The summed E-state index contributed by atoms with van der Waals surface area (Å²) in [6, 6.07) is 0.782. The second-order valence-electron chi connectivity index (χ2n) is 12.0. The molecule has 155 valence electrons. The van der Waals surface area contributed by atoms with Gasteiger partial charge in [0.05, 0.1) is 0 Å². The molecule has 1 radical (unpaired) electrons.